The standard InChI is InChI=1S/C29H30N4O5/c1-29(2,3)38-28(34)33-23-16-30-21(18-9-8-10-22-19(18)11-12-32(22)4)15-20(23)26(31-33)17-13-24(35-5)27(37-7)25(14-17)36-6/h8-16H,1-7H3. The normalized spacial score (nSPS) is 11.7. The Balaban J connectivity index is 1.77. The van der Waals surface area contributed by atoms with Crippen LogP contribution < -0.4 is 14.2 Å². The van der Waals surface area contributed by atoms with Crippen LogP contribution in [0.25, 0.3) is 44.3 Å². The number of hydrogen-bond acceptors (Lipinski definition) is 7. The van der Waals surface area contributed by atoms with Gasteiger partial charge >= 0.3 is 6.09 Å². The maximum atomic E-state index is 13.2. The molecular weight excluding hydrogens is 484 g/mol. The molecule has 0 radical (unpaired) electrons. The first-order chi connectivity index (χ1) is 18.1. The van der Waals surface area contributed by atoms with E-state index < -0.39 is 11.7 Å². The van der Waals surface area contributed by atoms with Crippen molar-refractivity contribution in [2.24, 2.45) is 7.05 Å². The number of rotatable bonds is 5. The molecule has 38 heavy (non-hydrogen) atoms. The summed E-state index contributed by atoms with van der Waals surface area (Å²) in [7, 11) is 6.67. The third-order valence-corrected chi connectivity index (χ3v) is 6.27. The molecule has 5 rings (SSSR count). The molecule has 0 saturated heterocycles. The predicted molar refractivity (Wildman–Crippen MR) is 146 cm³/mol. The van der Waals surface area contributed by atoms with Gasteiger partial charge in [0.1, 0.15) is 11.3 Å². The monoisotopic (exact) mass is 514 g/mol. The lowest BCUT2D eigenvalue weighted by Crippen LogP contribution is -2.27. The highest BCUT2D eigenvalue weighted by Crippen LogP contribution is 2.43. The van der Waals surface area contributed by atoms with Crippen LogP contribution in [0.1, 0.15) is 20.8 Å². The van der Waals surface area contributed by atoms with Crippen molar-refractivity contribution >= 4 is 27.9 Å². The van der Waals surface area contributed by atoms with Crippen LogP contribution in [0.15, 0.2) is 54.9 Å². The van der Waals surface area contributed by atoms with E-state index in [1.807, 2.05) is 52.2 Å². The van der Waals surface area contributed by atoms with E-state index >= 15 is 0 Å². The van der Waals surface area contributed by atoms with E-state index in [0.717, 1.165) is 27.5 Å². The molecular formula is C29H30N4O5. The first-order valence-electron chi connectivity index (χ1n) is 12.1. The molecule has 0 atom stereocenters. The summed E-state index contributed by atoms with van der Waals surface area (Å²) >= 11 is 0. The molecule has 0 bridgehead atoms. The Morgan fingerprint density at radius 3 is 2.24 bits per heavy atom. The third-order valence-electron chi connectivity index (χ3n) is 6.27. The summed E-state index contributed by atoms with van der Waals surface area (Å²) in [4.78, 5) is 17.9. The summed E-state index contributed by atoms with van der Waals surface area (Å²) in [5.74, 6) is 1.42. The summed E-state index contributed by atoms with van der Waals surface area (Å²) in [6, 6.07) is 13.7. The Bertz CT molecular complexity index is 1650. The van der Waals surface area contributed by atoms with Crippen LogP contribution >= 0.6 is 0 Å². The SMILES string of the molecule is COc1cc(-c2nn(C(=O)OC(C)(C)C)c3cnc(-c4cccc5c4ccn5C)cc23)cc(OC)c1OC. The van der Waals surface area contributed by atoms with Gasteiger partial charge in [0.2, 0.25) is 5.75 Å². The van der Waals surface area contributed by atoms with Gasteiger partial charge in [-0.15, -0.1) is 0 Å². The molecule has 0 aliphatic rings. The van der Waals surface area contributed by atoms with Crippen molar-refractivity contribution in [3.05, 3.63) is 54.9 Å². The van der Waals surface area contributed by atoms with Crippen molar-refractivity contribution in [3.8, 4) is 39.8 Å². The molecule has 0 fully saturated rings. The van der Waals surface area contributed by atoms with Crippen LogP contribution in [0.4, 0.5) is 4.79 Å². The number of nitrogens with zero attached hydrogens (tertiary/aromatic N) is 4. The Hall–Kier alpha value is -4.53. The predicted octanol–water partition coefficient (Wildman–Crippen LogP) is 6.07. The number of methoxy groups -OCH3 is 3. The number of fused-ring (bicyclic) bond motifs is 2. The zero-order chi connectivity index (χ0) is 27.2. The molecule has 0 unspecified atom stereocenters. The number of pyridine rings is 1. The topological polar surface area (TPSA) is 89.6 Å². The zero-order valence-electron chi connectivity index (χ0n) is 22.5. The van der Waals surface area contributed by atoms with E-state index in [9.17, 15) is 4.79 Å². The quantitative estimate of drug-likeness (QED) is 0.281. The van der Waals surface area contributed by atoms with E-state index in [0.29, 0.717) is 34.0 Å². The van der Waals surface area contributed by atoms with E-state index in [-0.39, 0.29) is 0 Å². The van der Waals surface area contributed by atoms with Gasteiger partial charge in [-0.25, -0.2) is 4.79 Å². The van der Waals surface area contributed by atoms with E-state index in [1.54, 1.807) is 39.7 Å². The summed E-state index contributed by atoms with van der Waals surface area (Å²) in [5.41, 5.74) is 3.89. The minimum atomic E-state index is -0.696. The molecule has 0 saturated carbocycles. The number of aromatic nitrogens is 4. The molecule has 0 spiro atoms. The van der Waals surface area contributed by atoms with Crippen molar-refractivity contribution in [2.45, 2.75) is 26.4 Å². The average Bonchev–Trinajstić information content (AvgIpc) is 3.47. The second-order valence-electron chi connectivity index (χ2n) is 9.91. The Morgan fingerprint density at radius 1 is 0.895 bits per heavy atom. The number of carbonyl (C=O) groups excluding carboxylic acids is 1. The molecule has 2 aromatic carbocycles. The highest BCUT2D eigenvalue weighted by atomic mass is 16.6. The second kappa shape index (κ2) is 9.41. The minimum absolute atomic E-state index is 0.466. The van der Waals surface area contributed by atoms with Gasteiger partial charge in [0.15, 0.2) is 11.5 Å². The smallest absolute Gasteiger partial charge is 0.435 e. The fourth-order valence-corrected chi connectivity index (χ4v) is 4.56. The maximum Gasteiger partial charge on any atom is 0.435 e. The van der Waals surface area contributed by atoms with Gasteiger partial charge in [0.05, 0.1) is 38.7 Å². The van der Waals surface area contributed by atoms with Crippen LogP contribution in [0.2, 0.25) is 0 Å². The molecule has 5 aromatic rings. The summed E-state index contributed by atoms with van der Waals surface area (Å²) < 4.78 is 25.6. The van der Waals surface area contributed by atoms with Crippen molar-refractivity contribution in [3.63, 3.8) is 0 Å². The Morgan fingerprint density at radius 2 is 1.61 bits per heavy atom. The molecule has 3 aromatic heterocycles. The van der Waals surface area contributed by atoms with Gasteiger partial charge in [-0.05, 0) is 51.1 Å². The molecule has 0 aliphatic carbocycles. The van der Waals surface area contributed by atoms with Gasteiger partial charge in [0, 0.05) is 40.7 Å². The molecule has 196 valence electrons. The molecule has 9 nitrogen and oxygen atoms in total. The van der Waals surface area contributed by atoms with Crippen molar-refractivity contribution in [2.75, 3.05) is 21.3 Å². The summed E-state index contributed by atoms with van der Waals surface area (Å²) in [6.07, 6.45) is 3.08. The van der Waals surface area contributed by atoms with Crippen LogP contribution in [0.5, 0.6) is 17.2 Å². The van der Waals surface area contributed by atoms with Crippen LogP contribution in [-0.4, -0.2) is 52.4 Å². The summed E-state index contributed by atoms with van der Waals surface area (Å²) in [6.45, 7) is 5.44. The minimum Gasteiger partial charge on any atom is -0.493 e. The van der Waals surface area contributed by atoms with E-state index in [1.165, 1.54) is 4.68 Å². The number of ether oxygens (including phenoxy) is 4. The van der Waals surface area contributed by atoms with E-state index in [2.05, 4.69) is 16.7 Å². The van der Waals surface area contributed by atoms with Gasteiger partial charge < -0.3 is 23.5 Å². The van der Waals surface area contributed by atoms with E-state index in [4.69, 9.17) is 29.0 Å². The highest BCUT2D eigenvalue weighted by Gasteiger charge is 2.25. The molecule has 0 aliphatic heterocycles. The largest absolute Gasteiger partial charge is 0.493 e. The number of benzene rings is 2. The highest BCUT2D eigenvalue weighted by molar-refractivity contribution is 6.02. The molecule has 9 heteroatoms. The maximum absolute atomic E-state index is 13.2. The number of carbonyl (C=O) groups is 1. The lowest BCUT2D eigenvalue weighted by atomic mass is 10.0. The summed E-state index contributed by atoms with van der Waals surface area (Å²) in [5, 5.41) is 6.50. The number of aryl methyl sites for hydroxylation is 1. The zero-order valence-corrected chi connectivity index (χ0v) is 22.5. The van der Waals surface area contributed by atoms with Crippen LogP contribution in [-0.2, 0) is 11.8 Å². The fraction of sp³-hybridized carbons (Fsp3) is 0.276. The van der Waals surface area contributed by atoms with Crippen molar-refractivity contribution in [1.82, 2.24) is 19.3 Å². The molecule has 0 amide bonds. The second-order valence-corrected chi connectivity index (χ2v) is 9.91. The van der Waals surface area contributed by atoms with Gasteiger partial charge in [0.25, 0.3) is 0 Å². The average molecular weight is 515 g/mol. The third kappa shape index (κ3) is 4.30. The molecule has 0 N–H and O–H groups in total. The fourth-order valence-electron chi connectivity index (χ4n) is 4.56. The van der Waals surface area contributed by atoms with Crippen LogP contribution in [0, 0.1) is 0 Å². The van der Waals surface area contributed by atoms with Gasteiger partial charge in [-0.3, -0.25) is 4.98 Å². The first-order valence-corrected chi connectivity index (χ1v) is 12.1. The van der Waals surface area contributed by atoms with Crippen molar-refractivity contribution in [1.29, 1.82) is 0 Å². The lowest BCUT2D eigenvalue weighted by Gasteiger charge is -2.19. The van der Waals surface area contributed by atoms with Gasteiger partial charge in [-0.2, -0.15) is 9.78 Å². The molecule has 3 heterocycles. The lowest BCUT2D eigenvalue weighted by molar-refractivity contribution is 0.0523. The Kier molecular flexibility index (Phi) is 6.22. The van der Waals surface area contributed by atoms with Crippen molar-refractivity contribution < 1.29 is 23.7 Å². The first kappa shape index (κ1) is 25.1. The Labute approximate surface area is 220 Å². The van der Waals surface area contributed by atoms with Crippen LogP contribution in [0.3, 0.4) is 0 Å². The number of hydrogen-bond donors (Lipinski definition) is 0. The van der Waals surface area contributed by atoms with Gasteiger partial charge in [-0.1, -0.05) is 12.1 Å².